The van der Waals surface area contributed by atoms with Gasteiger partial charge in [-0.1, -0.05) is 11.2 Å². The van der Waals surface area contributed by atoms with Gasteiger partial charge < -0.3 is 9.26 Å². The maximum Gasteiger partial charge on any atom is 0.243 e. The van der Waals surface area contributed by atoms with Crippen molar-refractivity contribution in [3.05, 3.63) is 54.7 Å². The lowest BCUT2D eigenvalue weighted by atomic mass is 10.0. The van der Waals surface area contributed by atoms with Gasteiger partial charge in [0.2, 0.25) is 21.7 Å². The van der Waals surface area contributed by atoms with Crippen molar-refractivity contribution < 1.29 is 17.7 Å². The van der Waals surface area contributed by atoms with E-state index in [4.69, 9.17) is 9.26 Å². The van der Waals surface area contributed by atoms with E-state index >= 15 is 0 Å². The van der Waals surface area contributed by atoms with Crippen molar-refractivity contribution in [1.29, 1.82) is 0 Å². The molecule has 0 bridgehead atoms. The fraction of sp³-hybridized carbons (Fsp3) is 0.235. The van der Waals surface area contributed by atoms with Crippen LogP contribution in [0.5, 0.6) is 5.75 Å². The van der Waals surface area contributed by atoms with Crippen molar-refractivity contribution in [2.45, 2.75) is 10.8 Å². The topological polar surface area (TPSA) is 98.4 Å². The van der Waals surface area contributed by atoms with Gasteiger partial charge in [0.1, 0.15) is 5.75 Å². The smallest absolute Gasteiger partial charge is 0.243 e. The number of nitrogens with zero attached hydrogens (tertiary/aromatic N) is 4. The second-order valence-electron chi connectivity index (χ2n) is 5.90. The van der Waals surface area contributed by atoms with Crippen LogP contribution in [0.3, 0.4) is 0 Å². The van der Waals surface area contributed by atoms with Crippen LogP contribution in [0.2, 0.25) is 0 Å². The van der Waals surface area contributed by atoms with Gasteiger partial charge >= 0.3 is 0 Å². The van der Waals surface area contributed by atoms with E-state index in [0.717, 1.165) is 5.56 Å². The molecular weight excluding hydrogens is 356 g/mol. The zero-order valence-electron chi connectivity index (χ0n) is 13.9. The van der Waals surface area contributed by atoms with Gasteiger partial charge in [0.05, 0.1) is 17.9 Å². The number of rotatable bonds is 5. The molecule has 3 aromatic rings. The van der Waals surface area contributed by atoms with Crippen LogP contribution in [0.1, 0.15) is 11.8 Å². The Labute approximate surface area is 150 Å². The summed E-state index contributed by atoms with van der Waals surface area (Å²) in [6.45, 7) is 0.600. The number of aromatic nitrogens is 3. The molecule has 134 valence electrons. The molecule has 0 aliphatic carbocycles. The lowest BCUT2D eigenvalue weighted by Crippen LogP contribution is -2.48. The summed E-state index contributed by atoms with van der Waals surface area (Å²) in [7, 11) is -2.07. The highest BCUT2D eigenvalue weighted by molar-refractivity contribution is 7.89. The van der Waals surface area contributed by atoms with Gasteiger partial charge in [-0.15, -0.1) is 0 Å². The Morgan fingerprint density at radius 2 is 2.08 bits per heavy atom. The quantitative estimate of drug-likeness (QED) is 0.675. The van der Waals surface area contributed by atoms with Crippen LogP contribution in [-0.2, 0) is 10.0 Å². The first kappa shape index (κ1) is 16.7. The molecule has 0 unspecified atom stereocenters. The number of benzene rings is 1. The van der Waals surface area contributed by atoms with Crippen molar-refractivity contribution in [3.63, 3.8) is 0 Å². The predicted octanol–water partition coefficient (Wildman–Crippen LogP) is 1.93. The van der Waals surface area contributed by atoms with Crippen molar-refractivity contribution >= 4 is 10.0 Å². The van der Waals surface area contributed by atoms with E-state index < -0.39 is 10.0 Å². The molecule has 4 rings (SSSR count). The molecule has 26 heavy (non-hydrogen) atoms. The molecule has 0 atom stereocenters. The molecule has 9 heteroatoms. The van der Waals surface area contributed by atoms with Crippen LogP contribution in [-0.4, -0.2) is 48.0 Å². The third-order valence-corrected chi connectivity index (χ3v) is 6.07. The van der Waals surface area contributed by atoms with Gasteiger partial charge in [0, 0.05) is 37.1 Å². The molecular formula is C17H16N4O4S. The Morgan fingerprint density at radius 3 is 2.81 bits per heavy atom. The van der Waals surface area contributed by atoms with Gasteiger partial charge in [-0.2, -0.15) is 9.29 Å². The van der Waals surface area contributed by atoms with Gasteiger partial charge in [-0.05, 0) is 24.3 Å². The van der Waals surface area contributed by atoms with Gasteiger partial charge in [0.25, 0.3) is 0 Å². The molecule has 3 heterocycles. The first-order valence-electron chi connectivity index (χ1n) is 7.96. The highest BCUT2D eigenvalue weighted by Crippen LogP contribution is 2.32. The molecule has 1 saturated heterocycles. The Balaban J connectivity index is 1.47. The Bertz CT molecular complexity index is 1010. The number of ether oxygens (including phenoxy) is 1. The molecule has 1 aliphatic heterocycles. The van der Waals surface area contributed by atoms with Crippen LogP contribution in [0.4, 0.5) is 0 Å². The second kappa shape index (κ2) is 6.50. The first-order chi connectivity index (χ1) is 12.6. The lowest BCUT2D eigenvalue weighted by Gasteiger charge is -2.35. The second-order valence-corrected chi connectivity index (χ2v) is 7.83. The highest BCUT2D eigenvalue weighted by atomic mass is 32.2. The first-order valence-corrected chi connectivity index (χ1v) is 9.40. The monoisotopic (exact) mass is 372 g/mol. The standard InChI is InChI=1S/C17H16N4O4S/c1-24-14-5-2-6-15(8-14)26(22,23)21-10-13(11-21)17-19-16(20-25-17)12-4-3-7-18-9-12/h2-9,13H,10-11H2,1H3. The predicted molar refractivity (Wildman–Crippen MR) is 92.0 cm³/mol. The van der Waals surface area contributed by atoms with Gasteiger partial charge in [-0.3, -0.25) is 4.98 Å². The van der Waals surface area contributed by atoms with Gasteiger partial charge in [0.15, 0.2) is 0 Å². The summed E-state index contributed by atoms with van der Waals surface area (Å²) >= 11 is 0. The average molecular weight is 372 g/mol. The van der Waals surface area contributed by atoms with E-state index in [1.807, 2.05) is 6.07 Å². The lowest BCUT2D eigenvalue weighted by molar-refractivity contribution is 0.216. The van der Waals surface area contributed by atoms with Crippen molar-refractivity contribution in [2.75, 3.05) is 20.2 Å². The molecule has 0 amide bonds. The van der Waals surface area contributed by atoms with Crippen LogP contribution >= 0.6 is 0 Å². The summed E-state index contributed by atoms with van der Waals surface area (Å²) in [5.74, 6) is 1.26. The summed E-state index contributed by atoms with van der Waals surface area (Å²) in [6, 6.07) is 10.0. The molecule has 0 saturated carbocycles. The number of sulfonamides is 1. The van der Waals surface area contributed by atoms with Gasteiger partial charge in [-0.25, -0.2) is 8.42 Å². The van der Waals surface area contributed by atoms with E-state index in [0.29, 0.717) is 30.6 Å². The van der Waals surface area contributed by atoms with Crippen molar-refractivity contribution in [2.24, 2.45) is 0 Å². The molecule has 1 fully saturated rings. The zero-order valence-corrected chi connectivity index (χ0v) is 14.8. The Hall–Kier alpha value is -2.78. The molecule has 8 nitrogen and oxygen atoms in total. The summed E-state index contributed by atoms with van der Waals surface area (Å²) in [5, 5.41) is 3.95. The van der Waals surface area contributed by atoms with E-state index in [1.165, 1.54) is 17.5 Å². The molecule has 1 aliphatic rings. The normalized spacial score (nSPS) is 15.6. The summed E-state index contributed by atoms with van der Waals surface area (Å²) < 4.78 is 37.1. The SMILES string of the molecule is COc1cccc(S(=O)(=O)N2CC(c3nc(-c4cccnc4)no3)C2)c1. The minimum atomic E-state index is -3.57. The largest absolute Gasteiger partial charge is 0.497 e. The average Bonchev–Trinajstić information content (AvgIpc) is 3.10. The maximum absolute atomic E-state index is 12.7. The number of methoxy groups -OCH3 is 1. The number of pyridine rings is 1. The van der Waals surface area contributed by atoms with Crippen LogP contribution in [0.25, 0.3) is 11.4 Å². The molecule has 0 N–H and O–H groups in total. The third kappa shape index (κ3) is 2.95. The summed E-state index contributed by atoms with van der Waals surface area (Å²) in [4.78, 5) is 8.59. The Kier molecular flexibility index (Phi) is 4.17. The fourth-order valence-corrected chi connectivity index (χ4v) is 4.28. The third-order valence-electron chi connectivity index (χ3n) is 4.24. The van der Waals surface area contributed by atoms with Crippen molar-refractivity contribution in [3.8, 4) is 17.1 Å². The molecule has 0 spiro atoms. The van der Waals surface area contributed by atoms with E-state index in [-0.39, 0.29) is 10.8 Å². The minimum absolute atomic E-state index is 0.117. The Morgan fingerprint density at radius 1 is 1.23 bits per heavy atom. The van der Waals surface area contributed by atoms with Crippen LogP contribution < -0.4 is 4.74 Å². The fourth-order valence-electron chi connectivity index (χ4n) is 2.71. The number of hydrogen-bond acceptors (Lipinski definition) is 7. The number of hydrogen-bond donors (Lipinski definition) is 0. The molecule has 0 radical (unpaired) electrons. The van der Waals surface area contributed by atoms with E-state index in [9.17, 15) is 8.42 Å². The summed E-state index contributed by atoms with van der Waals surface area (Å²) in [5.41, 5.74) is 0.752. The maximum atomic E-state index is 12.7. The van der Waals surface area contributed by atoms with Crippen molar-refractivity contribution in [1.82, 2.24) is 19.4 Å². The van der Waals surface area contributed by atoms with Crippen LogP contribution in [0.15, 0.2) is 58.2 Å². The minimum Gasteiger partial charge on any atom is -0.497 e. The van der Waals surface area contributed by atoms with E-state index in [2.05, 4.69) is 15.1 Å². The summed E-state index contributed by atoms with van der Waals surface area (Å²) in [6.07, 6.45) is 3.31. The molecule has 2 aromatic heterocycles. The zero-order chi connectivity index (χ0) is 18.1. The highest BCUT2D eigenvalue weighted by Gasteiger charge is 2.40. The molecule has 1 aromatic carbocycles. The van der Waals surface area contributed by atoms with E-state index in [1.54, 1.807) is 36.7 Å². The van der Waals surface area contributed by atoms with Crippen LogP contribution in [0, 0.1) is 0 Å².